The highest BCUT2D eigenvalue weighted by Crippen LogP contribution is 2.26. The molecule has 22 heavy (non-hydrogen) atoms. The number of nitrogens with one attached hydrogen (secondary N) is 1. The summed E-state index contributed by atoms with van der Waals surface area (Å²) in [6.45, 7) is 4.99. The number of benzene rings is 1. The Hall–Kier alpha value is -1.92. The molecule has 2 aromatic rings. The largest absolute Gasteiger partial charge is 0.381 e. The van der Waals surface area contributed by atoms with Gasteiger partial charge in [-0.25, -0.2) is 4.98 Å². The Balaban J connectivity index is 1.56. The number of rotatable bonds is 3. The lowest BCUT2D eigenvalue weighted by molar-refractivity contribution is 0.122. The molecule has 1 atom stereocenters. The molecule has 0 bridgehead atoms. The Labute approximate surface area is 129 Å². The van der Waals surface area contributed by atoms with Crippen LogP contribution in [0.25, 0.3) is 11.4 Å². The monoisotopic (exact) mass is 300 g/mol. The van der Waals surface area contributed by atoms with Crippen molar-refractivity contribution in [2.75, 3.05) is 44.4 Å². The van der Waals surface area contributed by atoms with E-state index >= 15 is 0 Å². The van der Waals surface area contributed by atoms with Gasteiger partial charge in [0.25, 0.3) is 0 Å². The van der Waals surface area contributed by atoms with Gasteiger partial charge < -0.3 is 14.4 Å². The van der Waals surface area contributed by atoms with Crippen LogP contribution in [0.15, 0.2) is 24.3 Å². The van der Waals surface area contributed by atoms with Crippen LogP contribution in [0.1, 0.15) is 18.2 Å². The standard InChI is InChI=1S/C16H20N4O2/c1-2-12(10-14(3-1)20-5-8-21-9-6-20)15-17-16(19-18-15)13-4-7-22-11-13/h1-3,10,13H,4-9,11H2,(H,17,18,19)/t13-/m0/s1. The number of hydrogen-bond donors (Lipinski definition) is 1. The van der Waals surface area contributed by atoms with Crippen molar-refractivity contribution in [1.82, 2.24) is 15.2 Å². The molecule has 116 valence electrons. The minimum atomic E-state index is 0.351. The molecular weight excluding hydrogens is 280 g/mol. The molecule has 0 spiro atoms. The van der Waals surface area contributed by atoms with Crippen LogP contribution in [0.2, 0.25) is 0 Å². The highest BCUT2D eigenvalue weighted by Gasteiger charge is 2.22. The van der Waals surface area contributed by atoms with Crippen molar-refractivity contribution in [3.63, 3.8) is 0 Å². The van der Waals surface area contributed by atoms with Crippen LogP contribution in [-0.4, -0.2) is 54.7 Å². The van der Waals surface area contributed by atoms with Crippen LogP contribution in [-0.2, 0) is 9.47 Å². The van der Waals surface area contributed by atoms with Gasteiger partial charge in [-0.1, -0.05) is 12.1 Å². The Morgan fingerprint density at radius 1 is 1.14 bits per heavy atom. The van der Waals surface area contributed by atoms with Gasteiger partial charge in [-0.2, -0.15) is 5.10 Å². The van der Waals surface area contributed by atoms with E-state index in [1.54, 1.807) is 0 Å². The Bertz CT molecular complexity index is 631. The first-order valence-electron chi connectivity index (χ1n) is 7.83. The second-order valence-corrected chi connectivity index (χ2v) is 5.75. The molecule has 2 fully saturated rings. The maximum absolute atomic E-state index is 5.42. The Morgan fingerprint density at radius 2 is 2.05 bits per heavy atom. The summed E-state index contributed by atoms with van der Waals surface area (Å²) in [5, 5.41) is 7.45. The zero-order valence-corrected chi connectivity index (χ0v) is 12.5. The lowest BCUT2D eigenvalue weighted by Crippen LogP contribution is -2.36. The summed E-state index contributed by atoms with van der Waals surface area (Å²) in [6, 6.07) is 8.41. The van der Waals surface area contributed by atoms with Crippen molar-refractivity contribution >= 4 is 5.69 Å². The van der Waals surface area contributed by atoms with Gasteiger partial charge in [0, 0.05) is 36.9 Å². The van der Waals surface area contributed by atoms with E-state index in [2.05, 4.69) is 44.3 Å². The first kappa shape index (κ1) is 13.7. The fourth-order valence-electron chi connectivity index (χ4n) is 3.00. The average Bonchev–Trinajstić information content (AvgIpc) is 3.27. The molecule has 0 saturated carbocycles. The van der Waals surface area contributed by atoms with Crippen LogP contribution < -0.4 is 4.90 Å². The summed E-state index contributed by atoms with van der Waals surface area (Å²) in [6.07, 6.45) is 1.02. The molecule has 0 aliphatic carbocycles. The minimum absolute atomic E-state index is 0.351. The van der Waals surface area contributed by atoms with Crippen molar-refractivity contribution in [1.29, 1.82) is 0 Å². The number of aromatic amines is 1. The first-order chi connectivity index (χ1) is 10.9. The Kier molecular flexibility index (Phi) is 3.78. The van der Waals surface area contributed by atoms with E-state index in [0.29, 0.717) is 5.92 Å². The number of hydrogen-bond acceptors (Lipinski definition) is 5. The smallest absolute Gasteiger partial charge is 0.181 e. The van der Waals surface area contributed by atoms with Crippen molar-refractivity contribution in [2.24, 2.45) is 0 Å². The first-order valence-corrected chi connectivity index (χ1v) is 7.83. The van der Waals surface area contributed by atoms with E-state index in [1.165, 1.54) is 5.69 Å². The molecule has 6 nitrogen and oxygen atoms in total. The number of H-pyrrole nitrogens is 1. The van der Waals surface area contributed by atoms with Crippen LogP contribution >= 0.6 is 0 Å². The number of aromatic nitrogens is 3. The molecule has 1 N–H and O–H groups in total. The van der Waals surface area contributed by atoms with Crippen molar-refractivity contribution in [3.05, 3.63) is 30.1 Å². The van der Waals surface area contributed by atoms with Gasteiger partial charge in [-0.3, -0.25) is 5.10 Å². The third kappa shape index (κ3) is 2.71. The van der Waals surface area contributed by atoms with Crippen molar-refractivity contribution in [3.8, 4) is 11.4 Å². The highest BCUT2D eigenvalue weighted by atomic mass is 16.5. The Morgan fingerprint density at radius 3 is 2.86 bits per heavy atom. The third-order valence-electron chi connectivity index (χ3n) is 4.30. The maximum Gasteiger partial charge on any atom is 0.181 e. The normalized spacial score (nSPS) is 22.2. The van der Waals surface area contributed by atoms with E-state index < -0.39 is 0 Å². The molecule has 0 amide bonds. The summed E-state index contributed by atoms with van der Waals surface area (Å²) in [5.41, 5.74) is 2.25. The van der Waals surface area contributed by atoms with Gasteiger partial charge in [0.2, 0.25) is 0 Å². The predicted molar refractivity (Wildman–Crippen MR) is 83.0 cm³/mol. The highest BCUT2D eigenvalue weighted by molar-refractivity contribution is 5.63. The number of ether oxygens (including phenoxy) is 2. The zero-order valence-electron chi connectivity index (χ0n) is 12.5. The van der Waals surface area contributed by atoms with Crippen molar-refractivity contribution in [2.45, 2.75) is 12.3 Å². The summed E-state index contributed by atoms with van der Waals surface area (Å²) < 4.78 is 10.8. The van der Waals surface area contributed by atoms with Gasteiger partial charge >= 0.3 is 0 Å². The summed E-state index contributed by atoms with van der Waals surface area (Å²) in [5.74, 6) is 2.05. The summed E-state index contributed by atoms with van der Waals surface area (Å²) >= 11 is 0. The van der Waals surface area contributed by atoms with E-state index in [4.69, 9.17) is 9.47 Å². The minimum Gasteiger partial charge on any atom is -0.381 e. The molecule has 2 saturated heterocycles. The fraction of sp³-hybridized carbons (Fsp3) is 0.500. The average molecular weight is 300 g/mol. The quantitative estimate of drug-likeness (QED) is 0.936. The molecule has 2 aliphatic heterocycles. The van der Waals surface area contributed by atoms with Gasteiger partial charge in [0.05, 0.1) is 19.8 Å². The molecule has 1 aromatic heterocycles. The van der Waals surface area contributed by atoms with Crippen LogP contribution in [0.5, 0.6) is 0 Å². The second-order valence-electron chi connectivity index (χ2n) is 5.75. The van der Waals surface area contributed by atoms with E-state index in [0.717, 1.165) is 63.2 Å². The molecule has 3 heterocycles. The van der Waals surface area contributed by atoms with Crippen LogP contribution in [0, 0.1) is 0 Å². The topological polar surface area (TPSA) is 63.3 Å². The lowest BCUT2D eigenvalue weighted by Gasteiger charge is -2.29. The fourth-order valence-corrected chi connectivity index (χ4v) is 3.00. The number of anilines is 1. The van der Waals surface area contributed by atoms with E-state index in [1.807, 2.05) is 0 Å². The number of morpholine rings is 1. The van der Waals surface area contributed by atoms with Gasteiger partial charge in [-0.15, -0.1) is 0 Å². The second kappa shape index (κ2) is 6.06. The summed E-state index contributed by atoms with van der Waals surface area (Å²) in [7, 11) is 0. The van der Waals surface area contributed by atoms with E-state index in [9.17, 15) is 0 Å². The van der Waals surface area contributed by atoms with E-state index in [-0.39, 0.29) is 0 Å². The molecule has 2 aliphatic rings. The zero-order chi connectivity index (χ0) is 14.8. The van der Waals surface area contributed by atoms with Gasteiger partial charge in [0.15, 0.2) is 5.82 Å². The third-order valence-corrected chi connectivity index (χ3v) is 4.30. The molecule has 4 rings (SSSR count). The van der Waals surface area contributed by atoms with Gasteiger partial charge in [0.1, 0.15) is 5.82 Å². The molecule has 0 unspecified atom stereocenters. The molecule has 1 aromatic carbocycles. The van der Waals surface area contributed by atoms with Crippen molar-refractivity contribution < 1.29 is 9.47 Å². The number of nitrogens with zero attached hydrogens (tertiary/aromatic N) is 3. The van der Waals surface area contributed by atoms with Crippen LogP contribution in [0.4, 0.5) is 5.69 Å². The molecule has 0 radical (unpaired) electrons. The SMILES string of the molecule is c1cc(-c2n[nH]c([C@H]3CCOC3)n2)cc(N2CCOCC2)c1. The molecule has 6 heteroatoms. The predicted octanol–water partition coefficient (Wildman–Crippen LogP) is 1.81. The van der Waals surface area contributed by atoms with Crippen LogP contribution in [0.3, 0.4) is 0 Å². The maximum atomic E-state index is 5.42. The summed E-state index contributed by atoms with van der Waals surface area (Å²) in [4.78, 5) is 7.00. The van der Waals surface area contributed by atoms with Gasteiger partial charge in [-0.05, 0) is 18.6 Å². The lowest BCUT2D eigenvalue weighted by atomic mass is 10.1. The molecular formula is C16H20N4O2.